The van der Waals surface area contributed by atoms with Crippen LogP contribution in [-0.4, -0.2) is 20.4 Å². The van der Waals surface area contributed by atoms with Crippen LogP contribution < -0.4 is 0 Å². The number of hydrogen-bond donors (Lipinski definition) is 1. The molecule has 4 aromatic carbocycles. The molecule has 0 aliphatic heterocycles. The van der Waals surface area contributed by atoms with Crippen LogP contribution in [0, 0.1) is 17.9 Å². The fourth-order valence-electron chi connectivity index (χ4n) is 7.34. The first-order chi connectivity index (χ1) is 22.7. The summed E-state index contributed by atoms with van der Waals surface area (Å²) >= 11 is 0. The van der Waals surface area contributed by atoms with Crippen molar-refractivity contribution in [1.29, 1.82) is 0 Å². The second kappa shape index (κ2) is 14.6. The standard InChI is InChI=1S/C30H21N2.C13H24O2.Ir/c1-30(2)23-13-8-14-25-27(23)28-26(32(25)21-11-4-3-5-12-21)15-16-31-29(28)22-17-19-9-6-7-10-20(19)18-24(22)30;1-5-10(6-2)12(14)9-13(15)11(7-3)8-4;/h3-16,18H,1-2H3;9-11,14H,5-8H2,1-4H3;/q-1;;/b;12-9-;. The van der Waals surface area contributed by atoms with Crippen LogP contribution in [0.15, 0.2) is 103 Å². The summed E-state index contributed by atoms with van der Waals surface area (Å²) in [5.74, 6) is 0.547. The van der Waals surface area contributed by atoms with Gasteiger partial charge in [-0.2, -0.15) is 0 Å². The van der Waals surface area contributed by atoms with E-state index in [9.17, 15) is 9.90 Å². The maximum Gasteiger partial charge on any atom is 0.162 e. The topological polar surface area (TPSA) is 55.1 Å². The number of benzene rings is 4. The van der Waals surface area contributed by atoms with Crippen LogP contribution in [-0.2, 0) is 30.3 Å². The SMILES string of the molecule is CC1(C)c2cc3ccccc3[c-]c2-c2nccc3c2c2c1cccc2n3-c1ccccc1.CCC(CC)C(=O)/C=C(\O)C(CC)CC.[Ir]. The van der Waals surface area contributed by atoms with E-state index in [0.717, 1.165) is 42.3 Å². The Morgan fingerprint density at radius 3 is 2.15 bits per heavy atom. The van der Waals surface area contributed by atoms with Crippen molar-refractivity contribution in [2.75, 3.05) is 0 Å². The number of nitrogens with zero attached hydrogens (tertiary/aromatic N) is 2. The fraction of sp³-hybridized carbons (Fsp3) is 0.302. The number of carbonyl (C=O) groups excluding carboxylic acids is 1. The molecule has 1 N–H and O–H groups in total. The Kier molecular flexibility index (Phi) is 10.7. The van der Waals surface area contributed by atoms with E-state index in [0.29, 0.717) is 0 Å². The second-order valence-corrected chi connectivity index (χ2v) is 13.2. The minimum absolute atomic E-state index is 0. The van der Waals surface area contributed by atoms with Crippen LogP contribution in [0.4, 0.5) is 0 Å². The Hall–Kier alpha value is -4.05. The molecule has 0 fully saturated rings. The van der Waals surface area contributed by atoms with Crippen LogP contribution in [0.2, 0.25) is 0 Å². The van der Waals surface area contributed by atoms with E-state index in [4.69, 9.17) is 4.98 Å². The van der Waals surface area contributed by atoms with Gasteiger partial charge in [0.1, 0.15) is 0 Å². The maximum absolute atomic E-state index is 11.7. The zero-order chi connectivity index (χ0) is 33.3. The van der Waals surface area contributed by atoms with Gasteiger partial charge < -0.3 is 9.67 Å². The zero-order valence-electron chi connectivity index (χ0n) is 28.8. The molecule has 2 heterocycles. The first kappa shape index (κ1) is 35.3. The van der Waals surface area contributed by atoms with Crippen molar-refractivity contribution in [3.05, 3.63) is 120 Å². The normalized spacial score (nSPS) is 13.4. The molecule has 4 nitrogen and oxygen atoms in total. The summed E-state index contributed by atoms with van der Waals surface area (Å²) in [4.78, 5) is 16.7. The van der Waals surface area contributed by atoms with Crippen molar-refractivity contribution in [2.45, 2.75) is 72.6 Å². The molecule has 5 heteroatoms. The van der Waals surface area contributed by atoms with Gasteiger partial charge in [-0.3, -0.25) is 9.78 Å². The van der Waals surface area contributed by atoms with E-state index in [-0.39, 0.29) is 48.9 Å². The summed E-state index contributed by atoms with van der Waals surface area (Å²) in [6.07, 6.45) is 6.85. The minimum Gasteiger partial charge on any atom is -0.512 e. The van der Waals surface area contributed by atoms with Gasteiger partial charge in [0.15, 0.2) is 5.78 Å². The van der Waals surface area contributed by atoms with E-state index >= 15 is 0 Å². The van der Waals surface area contributed by atoms with Gasteiger partial charge in [-0.05, 0) is 60.9 Å². The van der Waals surface area contributed by atoms with Gasteiger partial charge in [0.2, 0.25) is 0 Å². The number of allylic oxidation sites excluding steroid dienone is 2. The minimum atomic E-state index is -0.189. The second-order valence-electron chi connectivity index (χ2n) is 13.2. The Bertz CT molecular complexity index is 2100. The van der Waals surface area contributed by atoms with Crippen molar-refractivity contribution in [3.8, 4) is 16.9 Å². The number of carbonyl (C=O) groups is 1. The summed E-state index contributed by atoms with van der Waals surface area (Å²) < 4.78 is 2.38. The van der Waals surface area contributed by atoms with Crippen molar-refractivity contribution in [3.63, 3.8) is 0 Å². The van der Waals surface area contributed by atoms with E-state index in [1.54, 1.807) is 0 Å². The van der Waals surface area contributed by atoms with Crippen LogP contribution in [0.25, 0.3) is 49.5 Å². The molecule has 6 aromatic rings. The molecule has 0 amide bonds. The van der Waals surface area contributed by atoms with E-state index in [2.05, 4.69) is 109 Å². The molecule has 1 aliphatic carbocycles. The quantitative estimate of drug-likeness (QED) is 0.0946. The first-order valence-electron chi connectivity index (χ1n) is 17.1. The van der Waals surface area contributed by atoms with E-state index in [1.165, 1.54) is 50.1 Å². The number of rotatable bonds is 8. The third-order valence-corrected chi connectivity index (χ3v) is 10.2. The fourth-order valence-corrected chi connectivity index (χ4v) is 7.34. The average molecular weight is 814 g/mol. The average Bonchev–Trinajstić information content (AvgIpc) is 3.40. The molecule has 0 unspecified atom stereocenters. The number of aliphatic hydroxyl groups excluding tert-OH is 1. The largest absolute Gasteiger partial charge is 0.512 e. The summed E-state index contributed by atoms with van der Waals surface area (Å²) in [6, 6.07) is 34.1. The summed E-state index contributed by atoms with van der Waals surface area (Å²) in [5, 5.41) is 14.6. The van der Waals surface area contributed by atoms with Gasteiger partial charge in [0.25, 0.3) is 0 Å². The van der Waals surface area contributed by atoms with Gasteiger partial charge in [-0.1, -0.05) is 107 Å². The molecule has 0 bridgehead atoms. The smallest absolute Gasteiger partial charge is 0.162 e. The van der Waals surface area contributed by atoms with Crippen molar-refractivity contribution in [2.24, 2.45) is 11.8 Å². The molecule has 0 atom stereocenters. The number of para-hydroxylation sites is 1. The predicted molar refractivity (Wildman–Crippen MR) is 196 cm³/mol. The Morgan fingerprint density at radius 2 is 1.46 bits per heavy atom. The third kappa shape index (κ3) is 6.15. The molecule has 48 heavy (non-hydrogen) atoms. The third-order valence-electron chi connectivity index (χ3n) is 10.2. The number of ketones is 1. The Labute approximate surface area is 298 Å². The summed E-state index contributed by atoms with van der Waals surface area (Å²) in [5.41, 5.74) is 8.16. The van der Waals surface area contributed by atoms with Gasteiger partial charge >= 0.3 is 0 Å². The molecule has 0 saturated heterocycles. The number of aliphatic hydroxyl groups is 1. The number of hydrogen-bond acceptors (Lipinski definition) is 3. The molecular formula is C43H45IrN2O2-. The molecule has 7 rings (SSSR count). The molecule has 2 aromatic heterocycles. The van der Waals surface area contributed by atoms with Crippen LogP contribution >= 0.6 is 0 Å². The van der Waals surface area contributed by atoms with Crippen LogP contribution in [0.1, 0.15) is 78.4 Å². The maximum atomic E-state index is 11.7. The number of fused-ring (bicyclic) bond motifs is 3. The molecule has 1 aliphatic rings. The zero-order valence-corrected chi connectivity index (χ0v) is 31.2. The van der Waals surface area contributed by atoms with Crippen molar-refractivity contribution < 1.29 is 30.0 Å². The first-order valence-corrected chi connectivity index (χ1v) is 17.1. The molecule has 1 radical (unpaired) electrons. The van der Waals surface area contributed by atoms with Gasteiger partial charge in [-0.25, -0.2) is 0 Å². The number of pyridine rings is 1. The Balaban J connectivity index is 0.000000243. The van der Waals surface area contributed by atoms with Gasteiger partial charge in [-0.15, -0.1) is 23.6 Å². The summed E-state index contributed by atoms with van der Waals surface area (Å²) in [6.45, 7) is 12.7. The van der Waals surface area contributed by atoms with Gasteiger partial charge in [0, 0.05) is 66.4 Å². The van der Waals surface area contributed by atoms with Crippen molar-refractivity contribution >= 4 is 38.4 Å². The summed E-state index contributed by atoms with van der Waals surface area (Å²) in [7, 11) is 0. The number of aromatic nitrogens is 2. The Morgan fingerprint density at radius 1 is 0.812 bits per heavy atom. The predicted octanol–water partition coefficient (Wildman–Crippen LogP) is 11.3. The van der Waals surface area contributed by atoms with E-state index < -0.39 is 0 Å². The van der Waals surface area contributed by atoms with Crippen LogP contribution in [0.5, 0.6) is 0 Å². The monoisotopic (exact) mass is 814 g/mol. The molecule has 0 spiro atoms. The van der Waals surface area contributed by atoms with Crippen LogP contribution in [0.3, 0.4) is 0 Å². The molecule has 0 saturated carbocycles. The van der Waals surface area contributed by atoms with E-state index in [1.807, 2.05) is 33.9 Å². The molecular weight excluding hydrogens is 769 g/mol. The van der Waals surface area contributed by atoms with Gasteiger partial charge in [0.05, 0.1) is 16.8 Å². The van der Waals surface area contributed by atoms with Crippen molar-refractivity contribution in [1.82, 2.24) is 9.55 Å². The molecule has 249 valence electrons.